The second-order valence-electron chi connectivity index (χ2n) is 6.51. The fraction of sp³-hybridized carbons (Fsp3) is 0.579. The molecule has 3 unspecified atom stereocenters. The highest BCUT2D eigenvalue weighted by Crippen LogP contribution is 2.31. The Morgan fingerprint density at radius 3 is 2.42 bits per heavy atom. The number of hydrogen-bond acceptors (Lipinski definition) is 3. The number of benzene rings is 1. The maximum atomic E-state index is 11.9. The van der Waals surface area contributed by atoms with Crippen LogP contribution in [0.25, 0.3) is 0 Å². The van der Waals surface area contributed by atoms with E-state index in [-0.39, 0.29) is 6.04 Å². The van der Waals surface area contributed by atoms with Gasteiger partial charge in [-0.3, -0.25) is 14.5 Å². The number of nitrogens with zero attached hydrogens (tertiary/aromatic N) is 1. The molecule has 2 N–H and O–H groups in total. The average molecular weight is 333 g/mol. The molecule has 1 aliphatic rings. The third-order valence-electron chi connectivity index (χ3n) is 5.07. The van der Waals surface area contributed by atoms with Crippen LogP contribution in [-0.2, 0) is 16.0 Å². The molecule has 1 fully saturated rings. The number of carboxylic acids is 2. The van der Waals surface area contributed by atoms with Gasteiger partial charge in [0.1, 0.15) is 6.04 Å². The minimum atomic E-state index is -0.859. The van der Waals surface area contributed by atoms with E-state index in [0.29, 0.717) is 25.8 Å². The lowest BCUT2D eigenvalue weighted by molar-refractivity contribution is -0.152. The molecule has 24 heavy (non-hydrogen) atoms. The quantitative estimate of drug-likeness (QED) is 0.764. The Hall–Kier alpha value is -1.88. The van der Waals surface area contributed by atoms with Crippen molar-refractivity contribution in [2.75, 3.05) is 6.54 Å². The molecule has 1 aliphatic carbocycles. The van der Waals surface area contributed by atoms with Crippen LogP contribution in [0.15, 0.2) is 30.3 Å². The molecular weight excluding hydrogens is 306 g/mol. The fourth-order valence-corrected chi connectivity index (χ4v) is 3.86. The first kappa shape index (κ1) is 18.5. The van der Waals surface area contributed by atoms with Crippen LogP contribution in [-0.4, -0.2) is 45.7 Å². The van der Waals surface area contributed by atoms with Crippen LogP contribution < -0.4 is 0 Å². The predicted molar refractivity (Wildman–Crippen MR) is 91.9 cm³/mol. The van der Waals surface area contributed by atoms with E-state index in [1.807, 2.05) is 42.2 Å². The highest BCUT2D eigenvalue weighted by Gasteiger charge is 2.39. The van der Waals surface area contributed by atoms with E-state index in [9.17, 15) is 19.8 Å². The second kappa shape index (κ2) is 8.83. The molecular formula is C19H27NO4. The highest BCUT2D eigenvalue weighted by molar-refractivity contribution is 5.74. The maximum Gasteiger partial charge on any atom is 0.320 e. The Labute approximate surface area is 143 Å². The van der Waals surface area contributed by atoms with Crippen molar-refractivity contribution < 1.29 is 19.8 Å². The Morgan fingerprint density at radius 2 is 1.83 bits per heavy atom. The average Bonchev–Trinajstić information content (AvgIpc) is 2.59. The zero-order valence-corrected chi connectivity index (χ0v) is 14.2. The molecule has 0 bridgehead atoms. The van der Waals surface area contributed by atoms with E-state index in [4.69, 9.17) is 0 Å². The van der Waals surface area contributed by atoms with Gasteiger partial charge in [0.05, 0.1) is 5.92 Å². The second-order valence-corrected chi connectivity index (χ2v) is 6.51. The van der Waals surface area contributed by atoms with E-state index in [2.05, 4.69) is 0 Å². The van der Waals surface area contributed by atoms with Crippen LogP contribution in [0.3, 0.4) is 0 Å². The van der Waals surface area contributed by atoms with E-state index >= 15 is 0 Å². The van der Waals surface area contributed by atoms with E-state index in [1.54, 1.807) is 0 Å². The minimum Gasteiger partial charge on any atom is -0.481 e. The summed E-state index contributed by atoms with van der Waals surface area (Å²) in [4.78, 5) is 25.3. The molecule has 1 saturated carbocycles. The lowest BCUT2D eigenvalue weighted by Gasteiger charge is -2.40. The zero-order valence-electron chi connectivity index (χ0n) is 14.2. The third kappa shape index (κ3) is 4.57. The summed E-state index contributed by atoms with van der Waals surface area (Å²) in [5.74, 6) is -2.12. The summed E-state index contributed by atoms with van der Waals surface area (Å²) in [6.45, 7) is 2.48. The molecule has 0 aliphatic heterocycles. The molecule has 5 heteroatoms. The molecule has 0 aromatic heterocycles. The van der Waals surface area contributed by atoms with Crippen LogP contribution in [0.5, 0.6) is 0 Å². The van der Waals surface area contributed by atoms with Crippen molar-refractivity contribution in [2.45, 2.75) is 57.5 Å². The summed E-state index contributed by atoms with van der Waals surface area (Å²) in [7, 11) is 0. The number of carbonyl (C=O) groups is 2. The van der Waals surface area contributed by atoms with Crippen molar-refractivity contribution in [1.29, 1.82) is 0 Å². The van der Waals surface area contributed by atoms with Gasteiger partial charge in [-0.05, 0) is 37.8 Å². The normalized spacial score (nSPS) is 22.2. The zero-order chi connectivity index (χ0) is 17.5. The summed E-state index contributed by atoms with van der Waals surface area (Å²) in [6, 6.07) is 9.01. The molecule has 3 atom stereocenters. The topological polar surface area (TPSA) is 77.8 Å². The standard InChI is InChI=1S/C19H27NO4/c1-2-20(16-11-7-6-10-15(16)18(21)22)17(19(23)24)13-12-14-8-4-3-5-9-14/h3-5,8-9,15-17H,2,6-7,10-13H2,1H3,(H,21,22)(H,23,24). The number of likely N-dealkylation sites (N-methyl/N-ethyl adjacent to an activating group) is 1. The Balaban J connectivity index is 2.13. The number of aliphatic carboxylic acids is 2. The summed E-state index contributed by atoms with van der Waals surface area (Å²) in [5.41, 5.74) is 1.11. The van der Waals surface area contributed by atoms with E-state index in [1.165, 1.54) is 0 Å². The van der Waals surface area contributed by atoms with E-state index in [0.717, 1.165) is 24.8 Å². The number of carboxylic acid groups (broad SMARTS) is 2. The summed E-state index contributed by atoms with van der Waals surface area (Å²) in [6.07, 6.45) is 4.46. The summed E-state index contributed by atoms with van der Waals surface area (Å²) < 4.78 is 0. The van der Waals surface area contributed by atoms with E-state index < -0.39 is 23.9 Å². The fourth-order valence-electron chi connectivity index (χ4n) is 3.86. The van der Waals surface area contributed by atoms with Gasteiger partial charge in [0, 0.05) is 6.04 Å². The number of hydrogen-bond donors (Lipinski definition) is 2. The van der Waals surface area contributed by atoms with Gasteiger partial charge in [-0.1, -0.05) is 50.1 Å². The summed E-state index contributed by atoms with van der Waals surface area (Å²) in [5, 5.41) is 19.2. The highest BCUT2D eigenvalue weighted by atomic mass is 16.4. The van der Waals surface area contributed by atoms with Crippen molar-refractivity contribution in [3.8, 4) is 0 Å². The minimum absolute atomic E-state index is 0.182. The lowest BCUT2D eigenvalue weighted by atomic mass is 9.82. The van der Waals surface area contributed by atoms with Crippen LogP contribution in [0.1, 0.15) is 44.6 Å². The molecule has 0 saturated heterocycles. The Kier molecular flexibility index (Phi) is 6.79. The smallest absolute Gasteiger partial charge is 0.320 e. The molecule has 0 radical (unpaired) electrons. The van der Waals surface area contributed by atoms with Gasteiger partial charge in [0.2, 0.25) is 0 Å². The van der Waals surface area contributed by atoms with Gasteiger partial charge in [-0.15, -0.1) is 0 Å². The molecule has 132 valence electrons. The van der Waals surface area contributed by atoms with Crippen molar-refractivity contribution >= 4 is 11.9 Å². The molecule has 1 aromatic carbocycles. The first-order valence-electron chi connectivity index (χ1n) is 8.79. The predicted octanol–water partition coefficient (Wildman–Crippen LogP) is 3.04. The molecule has 1 aromatic rings. The lowest BCUT2D eigenvalue weighted by Crippen LogP contribution is -2.52. The molecule has 0 amide bonds. The molecule has 2 rings (SSSR count). The van der Waals surface area contributed by atoms with Crippen molar-refractivity contribution in [1.82, 2.24) is 4.90 Å². The largest absolute Gasteiger partial charge is 0.481 e. The summed E-state index contributed by atoms with van der Waals surface area (Å²) >= 11 is 0. The molecule has 0 heterocycles. The Morgan fingerprint density at radius 1 is 1.17 bits per heavy atom. The van der Waals surface area contributed by atoms with Gasteiger partial charge < -0.3 is 10.2 Å². The van der Waals surface area contributed by atoms with Gasteiger partial charge in [0.25, 0.3) is 0 Å². The molecule has 5 nitrogen and oxygen atoms in total. The molecule has 0 spiro atoms. The van der Waals surface area contributed by atoms with Crippen LogP contribution >= 0.6 is 0 Å². The van der Waals surface area contributed by atoms with Crippen LogP contribution in [0.2, 0.25) is 0 Å². The van der Waals surface area contributed by atoms with Crippen molar-refractivity contribution in [3.63, 3.8) is 0 Å². The number of aryl methyl sites for hydroxylation is 1. The number of rotatable bonds is 8. The first-order chi connectivity index (χ1) is 11.5. The van der Waals surface area contributed by atoms with Gasteiger partial charge >= 0.3 is 11.9 Å². The maximum absolute atomic E-state index is 11.9. The monoisotopic (exact) mass is 333 g/mol. The van der Waals surface area contributed by atoms with Gasteiger partial charge in [-0.25, -0.2) is 0 Å². The van der Waals surface area contributed by atoms with Crippen LogP contribution in [0.4, 0.5) is 0 Å². The van der Waals surface area contributed by atoms with Crippen molar-refractivity contribution in [3.05, 3.63) is 35.9 Å². The first-order valence-corrected chi connectivity index (χ1v) is 8.79. The van der Waals surface area contributed by atoms with Gasteiger partial charge in [0.15, 0.2) is 0 Å². The third-order valence-corrected chi connectivity index (χ3v) is 5.07. The Bertz CT molecular complexity index is 546. The van der Waals surface area contributed by atoms with Gasteiger partial charge in [-0.2, -0.15) is 0 Å². The van der Waals surface area contributed by atoms with Crippen molar-refractivity contribution in [2.24, 2.45) is 5.92 Å². The SMILES string of the molecule is CCN(C(CCc1ccccc1)C(=O)O)C1CCCCC1C(=O)O. The van der Waals surface area contributed by atoms with Crippen LogP contribution in [0, 0.1) is 5.92 Å².